The van der Waals surface area contributed by atoms with E-state index < -0.39 is 0 Å². The van der Waals surface area contributed by atoms with Gasteiger partial charge in [0.2, 0.25) is 0 Å². The van der Waals surface area contributed by atoms with Gasteiger partial charge in [-0.3, -0.25) is 4.79 Å². The highest BCUT2D eigenvalue weighted by Gasteiger charge is 2.15. The topological polar surface area (TPSA) is 51.2 Å². The smallest absolute Gasteiger partial charge is 0.196 e. The molecule has 28 heavy (non-hydrogen) atoms. The molecule has 0 saturated heterocycles. The quantitative estimate of drug-likeness (QED) is 0.328. The Morgan fingerprint density at radius 1 is 1.07 bits per heavy atom. The molecule has 0 aliphatic rings. The van der Waals surface area contributed by atoms with Gasteiger partial charge in [-0.25, -0.2) is 4.98 Å². The van der Waals surface area contributed by atoms with Crippen molar-refractivity contribution in [2.24, 2.45) is 0 Å². The molecule has 2 aromatic rings. The minimum absolute atomic E-state index is 0.0341. The number of nitrogens with zero attached hydrogens (tertiary/aromatic N) is 1. The highest BCUT2D eigenvalue weighted by atomic mass is 16.5. The zero-order chi connectivity index (χ0) is 20.2. The van der Waals surface area contributed by atoms with Gasteiger partial charge in [0.15, 0.2) is 5.78 Å². The number of ether oxygens (including phenoxy) is 1. The second kappa shape index (κ2) is 12.2. The normalized spacial score (nSPS) is 11.8. The molecule has 0 spiro atoms. The average Bonchev–Trinajstić information content (AvgIpc) is 2.73. The highest BCUT2D eigenvalue weighted by molar-refractivity contribution is 6.12. The van der Waals surface area contributed by atoms with Crippen LogP contribution in [0.1, 0.15) is 81.6 Å². The van der Waals surface area contributed by atoms with E-state index in [1.54, 1.807) is 6.20 Å². The minimum atomic E-state index is -0.0341. The molecule has 152 valence electrons. The number of unbranched alkanes of at least 4 members (excludes halogenated alkanes) is 5. The summed E-state index contributed by atoms with van der Waals surface area (Å²) in [7, 11) is 0. The first-order chi connectivity index (χ1) is 13.7. The maximum Gasteiger partial charge on any atom is 0.196 e. The van der Waals surface area contributed by atoms with Gasteiger partial charge in [0, 0.05) is 18.3 Å². The zero-order valence-electron chi connectivity index (χ0n) is 17.5. The summed E-state index contributed by atoms with van der Waals surface area (Å²) in [4.78, 5) is 17.4. The minimum Gasteiger partial charge on any atom is -0.491 e. The number of ketones is 1. The van der Waals surface area contributed by atoms with E-state index >= 15 is 0 Å². The first-order valence-electron chi connectivity index (χ1n) is 10.7. The molecule has 1 unspecified atom stereocenters. The predicted molar refractivity (Wildman–Crippen MR) is 116 cm³/mol. The van der Waals surface area contributed by atoms with Crippen molar-refractivity contribution in [3.05, 3.63) is 53.7 Å². The van der Waals surface area contributed by atoms with E-state index in [0.29, 0.717) is 16.9 Å². The van der Waals surface area contributed by atoms with Crippen molar-refractivity contribution in [1.82, 2.24) is 4.98 Å². The Bertz CT molecular complexity index is 730. The Morgan fingerprint density at radius 2 is 1.86 bits per heavy atom. The number of carbonyl (C=O) groups excluding carboxylic acids is 1. The summed E-state index contributed by atoms with van der Waals surface area (Å²) in [5.74, 6) is 1.35. The maximum atomic E-state index is 13.0. The highest BCUT2D eigenvalue weighted by Crippen LogP contribution is 2.21. The van der Waals surface area contributed by atoms with E-state index in [0.717, 1.165) is 25.1 Å². The van der Waals surface area contributed by atoms with Gasteiger partial charge in [0.1, 0.15) is 11.6 Å². The number of nitrogens with one attached hydrogen (secondary N) is 1. The van der Waals surface area contributed by atoms with Crippen molar-refractivity contribution in [2.45, 2.75) is 71.8 Å². The molecule has 0 amide bonds. The Morgan fingerprint density at radius 3 is 2.64 bits per heavy atom. The number of benzene rings is 1. The predicted octanol–water partition coefficient (Wildman–Crippen LogP) is 6.26. The van der Waals surface area contributed by atoms with E-state index in [9.17, 15) is 4.79 Å². The molecule has 0 aliphatic heterocycles. The Labute approximate surface area is 169 Å². The number of hydrogen-bond acceptors (Lipinski definition) is 4. The molecular formula is C24H34N2O2. The maximum absolute atomic E-state index is 13.0. The molecule has 0 bridgehead atoms. The van der Waals surface area contributed by atoms with Crippen LogP contribution in [0.15, 0.2) is 42.6 Å². The third-order valence-corrected chi connectivity index (χ3v) is 4.88. The first-order valence-corrected chi connectivity index (χ1v) is 10.7. The van der Waals surface area contributed by atoms with Crippen molar-refractivity contribution < 1.29 is 9.53 Å². The Hall–Kier alpha value is -2.36. The summed E-state index contributed by atoms with van der Waals surface area (Å²) >= 11 is 0. The molecule has 1 atom stereocenters. The third kappa shape index (κ3) is 6.99. The van der Waals surface area contributed by atoms with Crippen LogP contribution in [0.5, 0.6) is 5.75 Å². The van der Waals surface area contributed by atoms with Crippen LogP contribution >= 0.6 is 0 Å². The number of anilines is 1. The van der Waals surface area contributed by atoms with Gasteiger partial charge >= 0.3 is 0 Å². The van der Waals surface area contributed by atoms with Crippen LogP contribution in [-0.2, 0) is 0 Å². The number of carbonyl (C=O) groups is 1. The average molecular weight is 383 g/mol. The van der Waals surface area contributed by atoms with E-state index in [1.807, 2.05) is 43.3 Å². The molecule has 4 nitrogen and oxygen atoms in total. The van der Waals surface area contributed by atoms with Crippen molar-refractivity contribution in [1.29, 1.82) is 0 Å². The Kier molecular flexibility index (Phi) is 9.53. The van der Waals surface area contributed by atoms with E-state index in [4.69, 9.17) is 4.74 Å². The number of hydrogen-bond donors (Lipinski definition) is 1. The molecular weight excluding hydrogens is 348 g/mol. The van der Waals surface area contributed by atoms with Crippen molar-refractivity contribution in [3.63, 3.8) is 0 Å². The van der Waals surface area contributed by atoms with Gasteiger partial charge in [-0.05, 0) is 44.0 Å². The van der Waals surface area contributed by atoms with E-state index in [1.165, 1.54) is 32.1 Å². The van der Waals surface area contributed by atoms with Crippen molar-refractivity contribution in [3.8, 4) is 5.75 Å². The van der Waals surface area contributed by atoms with Crippen LogP contribution in [0, 0.1) is 0 Å². The van der Waals surface area contributed by atoms with Gasteiger partial charge < -0.3 is 10.1 Å². The first kappa shape index (κ1) is 21.9. The molecule has 1 aromatic heterocycles. The summed E-state index contributed by atoms with van der Waals surface area (Å²) in [6, 6.07) is 11.0. The summed E-state index contributed by atoms with van der Waals surface area (Å²) in [5.41, 5.74) is 1.23. The van der Waals surface area contributed by atoms with Gasteiger partial charge in [-0.1, -0.05) is 58.1 Å². The zero-order valence-corrected chi connectivity index (χ0v) is 17.5. The second-order valence-electron chi connectivity index (χ2n) is 7.29. The number of rotatable bonds is 13. The summed E-state index contributed by atoms with van der Waals surface area (Å²) in [6.07, 6.45) is 10.2. The molecule has 4 heteroatoms. The lowest BCUT2D eigenvalue weighted by molar-refractivity contribution is 0.103. The molecule has 1 aromatic carbocycles. The van der Waals surface area contributed by atoms with Gasteiger partial charge in [0.05, 0.1) is 11.7 Å². The van der Waals surface area contributed by atoms with Gasteiger partial charge in [-0.15, -0.1) is 0 Å². The largest absolute Gasteiger partial charge is 0.491 e. The van der Waals surface area contributed by atoms with Crippen molar-refractivity contribution in [2.75, 3.05) is 11.9 Å². The molecule has 1 N–H and O–H groups in total. The fraction of sp³-hybridized carbons (Fsp3) is 0.500. The molecule has 1 heterocycles. The lowest BCUT2D eigenvalue weighted by Crippen LogP contribution is -2.12. The Balaban J connectivity index is 1.99. The lowest BCUT2D eigenvalue weighted by atomic mass is 10.0. The van der Waals surface area contributed by atoms with Crippen LogP contribution in [0.25, 0.3) is 0 Å². The van der Waals surface area contributed by atoms with Crippen LogP contribution in [-0.4, -0.2) is 23.4 Å². The number of aromatic nitrogens is 1. The molecule has 0 radical (unpaired) electrons. The molecule has 2 rings (SSSR count). The molecule has 0 saturated carbocycles. The van der Waals surface area contributed by atoms with E-state index in [-0.39, 0.29) is 11.9 Å². The summed E-state index contributed by atoms with van der Waals surface area (Å²) < 4.78 is 5.86. The van der Waals surface area contributed by atoms with Gasteiger partial charge in [0.25, 0.3) is 0 Å². The van der Waals surface area contributed by atoms with Crippen LogP contribution in [0.4, 0.5) is 5.82 Å². The van der Waals surface area contributed by atoms with Crippen LogP contribution in [0.2, 0.25) is 0 Å². The SMILES string of the molecule is CCCCCCCCNc1ncccc1C(=O)c1cccc(OC(C)CC)c1. The lowest BCUT2D eigenvalue weighted by Gasteiger charge is -2.14. The fourth-order valence-electron chi connectivity index (χ4n) is 3.02. The summed E-state index contributed by atoms with van der Waals surface area (Å²) in [5, 5.41) is 3.35. The van der Waals surface area contributed by atoms with E-state index in [2.05, 4.69) is 24.1 Å². The molecule has 0 fully saturated rings. The fourth-order valence-corrected chi connectivity index (χ4v) is 3.02. The monoisotopic (exact) mass is 382 g/mol. The van der Waals surface area contributed by atoms with Crippen molar-refractivity contribution >= 4 is 11.6 Å². The number of pyridine rings is 1. The molecule has 0 aliphatic carbocycles. The summed E-state index contributed by atoms with van der Waals surface area (Å²) in [6.45, 7) is 7.17. The van der Waals surface area contributed by atoms with Gasteiger partial charge in [-0.2, -0.15) is 0 Å². The van der Waals surface area contributed by atoms with Crippen LogP contribution < -0.4 is 10.1 Å². The standard InChI is InChI=1S/C24H34N2O2/c1-4-6-7-8-9-10-16-25-24-22(15-12-17-26-24)23(27)20-13-11-14-21(18-20)28-19(3)5-2/h11-15,17-19H,4-10,16H2,1-3H3,(H,25,26). The second-order valence-corrected chi connectivity index (χ2v) is 7.29. The van der Waals surface area contributed by atoms with Crippen LogP contribution in [0.3, 0.4) is 0 Å². The third-order valence-electron chi connectivity index (χ3n) is 4.88.